The summed E-state index contributed by atoms with van der Waals surface area (Å²) in [5.41, 5.74) is 3.78. The number of H-pyrrole nitrogens is 1. The summed E-state index contributed by atoms with van der Waals surface area (Å²) >= 11 is 0. The van der Waals surface area contributed by atoms with Crippen molar-refractivity contribution in [2.45, 2.75) is 19.8 Å². The molecule has 8 nitrogen and oxygen atoms in total. The molecular formula is C17H17N3O5S. The van der Waals surface area contributed by atoms with E-state index in [1.54, 1.807) is 36.5 Å². The number of hydrogen-bond donors (Lipinski definition) is 4. The predicted octanol–water partition coefficient (Wildman–Crippen LogP) is 2.23. The van der Waals surface area contributed by atoms with E-state index in [4.69, 9.17) is 10.3 Å². The summed E-state index contributed by atoms with van der Waals surface area (Å²) in [5.74, 6) is -0.884. The van der Waals surface area contributed by atoms with Crippen LogP contribution in [0.4, 0.5) is 5.69 Å². The molecule has 0 unspecified atom stereocenters. The minimum Gasteiger partial charge on any atom is -0.481 e. The highest BCUT2D eigenvalue weighted by Crippen LogP contribution is 2.37. The number of para-hydroxylation sites is 1. The van der Waals surface area contributed by atoms with Gasteiger partial charge in [-0.25, -0.2) is 13.4 Å². The van der Waals surface area contributed by atoms with Gasteiger partial charge in [-0.05, 0) is 36.6 Å². The van der Waals surface area contributed by atoms with E-state index in [1.165, 1.54) is 4.89 Å². The highest BCUT2D eigenvalue weighted by atomic mass is 32.2. The first-order valence-electron chi connectivity index (χ1n) is 7.78. The van der Waals surface area contributed by atoms with Gasteiger partial charge in [0.25, 0.3) is 10.0 Å². The Balaban J connectivity index is 2.06. The Morgan fingerprint density at radius 2 is 2.08 bits per heavy atom. The number of aryl methyl sites for hydroxylation is 1. The van der Waals surface area contributed by atoms with E-state index < -0.39 is 16.0 Å². The van der Waals surface area contributed by atoms with Crippen LogP contribution in [0, 0.1) is 6.92 Å². The van der Waals surface area contributed by atoms with Crippen molar-refractivity contribution in [3.8, 4) is 0 Å². The van der Waals surface area contributed by atoms with Crippen LogP contribution in [-0.2, 0) is 21.2 Å². The van der Waals surface area contributed by atoms with Crippen LogP contribution in [0.1, 0.15) is 28.8 Å². The maximum atomic E-state index is 12.1. The largest absolute Gasteiger partial charge is 0.481 e. The molecule has 0 atom stereocenters. The van der Waals surface area contributed by atoms with Gasteiger partial charge in [-0.1, -0.05) is 23.1 Å². The second kappa shape index (κ2) is 6.87. The minimum absolute atomic E-state index is 0.00700. The third-order valence-corrected chi connectivity index (χ3v) is 5.27. The van der Waals surface area contributed by atoms with E-state index >= 15 is 0 Å². The molecule has 9 heteroatoms. The van der Waals surface area contributed by atoms with Crippen LogP contribution in [0.2, 0.25) is 0 Å². The predicted molar refractivity (Wildman–Crippen MR) is 96.7 cm³/mol. The number of carboxylic acid groups (broad SMARTS) is 1. The SMILES string of the molecule is Cc1c(CCC(=O)O)c[nH]c1C=C1C(S(=O)(=O)NO)=Nc2ccccc21. The van der Waals surface area contributed by atoms with Crippen LogP contribution in [0.25, 0.3) is 11.6 Å². The Labute approximate surface area is 149 Å². The first-order chi connectivity index (χ1) is 12.3. The summed E-state index contributed by atoms with van der Waals surface area (Å²) in [6.07, 6.45) is 3.72. The number of nitrogens with one attached hydrogen (secondary N) is 2. The topological polar surface area (TPSA) is 132 Å². The number of fused-ring (bicyclic) bond motifs is 1. The summed E-state index contributed by atoms with van der Waals surface area (Å²) in [4.78, 5) is 19.2. The zero-order valence-corrected chi connectivity index (χ0v) is 14.7. The quantitative estimate of drug-likeness (QED) is 0.595. The number of aliphatic carboxylic acids is 1. The number of aromatic amines is 1. The molecular weight excluding hydrogens is 358 g/mol. The Hall–Kier alpha value is -2.75. The van der Waals surface area contributed by atoms with Crippen molar-refractivity contribution in [2.75, 3.05) is 0 Å². The molecule has 2 heterocycles. The normalized spacial score (nSPS) is 15.2. The van der Waals surface area contributed by atoms with Gasteiger partial charge in [0.1, 0.15) is 0 Å². The van der Waals surface area contributed by atoms with Crippen LogP contribution < -0.4 is 4.89 Å². The van der Waals surface area contributed by atoms with Crippen molar-refractivity contribution in [1.82, 2.24) is 9.87 Å². The van der Waals surface area contributed by atoms with Crippen LogP contribution >= 0.6 is 0 Å². The summed E-state index contributed by atoms with van der Waals surface area (Å²) in [5, 5.41) is 17.5. The Morgan fingerprint density at radius 1 is 1.35 bits per heavy atom. The number of aromatic nitrogens is 1. The number of aliphatic imine (C=N–C) groups is 1. The first-order valence-corrected chi connectivity index (χ1v) is 9.26. The Kier molecular flexibility index (Phi) is 4.77. The smallest absolute Gasteiger partial charge is 0.303 e. The monoisotopic (exact) mass is 375 g/mol. The molecule has 0 fully saturated rings. The molecule has 1 aromatic heterocycles. The Morgan fingerprint density at radius 3 is 2.77 bits per heavy atom. The molecule has 136 valence electrons. The molecule has 2 aromatic rings. The first kappa shape index (κ1) is 18.1. The number of sulfonamides is 1. The van der Waals surface area contributed by atoms with E-state index in [9.17, 15) is 13.2 Å². The lowest BCUT2D eigenvalue weighted by atomic mass is 10.0. The highest BCUT2D eigenvalue weighted by Gasteiger charge is 2.30. The number of benzene rings is 1. The second-order valence-electron chi connectivity index (χ2n) is 5.83. The number of carboxylic acids is 1. The van der Waals surface area contributed by atoms with E-state index in [1.807, 2.05) is 6.92 Å². The summed E-state index contributed by atoms with van der Waals surface area (Å²) in [6.45, 7) is 1.83. The fourth-order valence-corrected chi connectivity index (χ4v) is 3.58. The van der Waals surface area contributed by atoms with Crippen molar-refractivity contribution >= 4 is 38.4 Å². The highest BCUT2D eigenvalue weighted by molar-refractivity contribution is 8.05. The summed E-state index contributed by atoms with van der Waals surface area (Å²) < 4.78 is 24.3. The van der Waals surface area contributed by atoms with E-state index in [0.29, 0.717) is 28.9 Å². The molecule has 3 rings (SSSR count). The average molecular weight is 375 g/mol. The van der Waals surface area contributed by atoms with Crippen LogP contribution in [-0.4, -0.2) is 34.7 Å². The van der Waals surface area contributed by atoms with E-state index in [0.717, 1.165) is 11.1 Å². The maximum Gasteiger partial charge on any atom is 0.303 e. The van der Waals surface area contributed by atoms with Gasteiger partial charge in [-0.2, -0.15) is 0 Å². The number of rotatable bonds is 5. The molecule has 1 aliphatic rings. The fraction of sp³-hybridized carbons (Fsp3) is 0.176. The van der Waals surface area contributed by atoms with Crippen molar-refractivity contribution in [3.05, 3.63) is 52.8 Å². The zero-order valence-electron chi connectivity index (χ0n) is 13.9. The Bertz CT molecular complexity index is 1030. The second-order valence-corrected chi connectivity index (χ2v) is 7.41. The average Bonchev–Trinajstić information content (AvgIpc) is 3.15. The molecule has 0 bridgehead atoms. The van der Waals surface area contributed by atoms with Crippen molar-refractivity contribution in [2.24, 2.45) is 4.99 Å². The third kappa shape index (κ3) is 3.32. The molecule has 0 aliphatic carbocycles. The minimum atomic E-state index is -4.17. The van der Waals surface area contributed by atoms with Gasteiger partial charge in [-0.15, -0.1) is 0 Å². The molecule has 0 radical (unpaired) electrons. The fourth-order valence-electron chi connectivity index (χ4n) is 2.82. The lowest BCUT2D eigenvalue weighted by molar-refractivity contribution is -0.136. The standard InChI is InChI=1S/C17H17N3O5S/c1-10-11(6-7-16(21)22)9-18-15(10)8-13-12-4-2-3-5-14(12)19-17(13)26(24,25)20-23/h2-5,8-9,18,20,23H,6-7H2,1H3,(H,21,22). The van der Waals surface area contributed by atoms with Crippen molar-refractivity contribution in [3.63, 3.8) is 0 Å². The number of nitrogens with zero attached hydrogens (tertiary/aromatic N) is 1. The molecule has 0 saturated carbocycles. The molecule has 0 amide bonds. The van der Waals surface area contributed by atoms with Gasteiger partial charge in [0.15, 0.2) is 5.04 Å². The van der Waals surface area contributed by atoms with Crippen LogP contribution in [0.3, 0.4) is 0 Å². The van der Waals surface area contributed by atoms with Gasteiger partial charge >= 0.3 is 5.97 Å². The van der Waals surface area contributed by atoms with Crippen LogP contribution in [0.15, 0.2) is 35.5 Å². The van der Waals surface area contributed by atoms with Gasteiger partial charge in [-0.3, -0.25) is 4.79 Å². The van der Waals surface area contributed by atoms with Gasteiger partial charge in [0, 0.05) is 29.4 Å². The number of hydrogen-bond acceptors (Lipinski definition) is 5. The van der Waals surface area contributed by atoms with Crippen LogP contribution in [0.5, 0.6) is 0 Å². The molecule has 26 heavy (non-hydrogen) atoms. The molecule has 4 N–H and O–H groups in total. The van der Waals surface area contributed by atoms with Crippen molar-refractivity contribution in [1.29, 1.82) is 0 Å². The van der Waals surface area contributed by atoms with E-state index in [2.05, 4.69) is 9.98 Å². The lowest BCUT2D eigenvalue weighted by Crippen LogP contribution is -2.27. The van der Waals surface area contributed by atoms with Gasteiger partial charge < -0.3 is 15.3 Å². The van der Waals surface area contributed by atoms with E-state index in [-0.39, 0.29) is 11.5 Å². The molecule has 0 spiro atoms. The maximum absolute atomic E-state index is 12.1. The summed E-state index contributed by atoms with van der Waals surface area (Å²) in [6, 6.07) is 6.94. The third-order valence-electron chi connectivity index (χ3n) is 4.21. The van der Waals surface area contributed by atoms with Crippen molar-refractivity contribution < 1.29 is 23.5 Å². The molecule has 1 aromatic carbocycles. The molecule has 1 aliphatic heterocycles. The summed E-state index contributed by atoms with van der Waals surface area (Å²) in [7, 11) is -4.17. The molecule has 0 saturated heterocycles. The number of carbonyl (C=O) groups is 1. The van der Waals surface area contributed by atoms with Gasteiger partial charge in [0.2, 0.25) is 0 Å². The lowest BCUT2D eigenvalue weighted by Gasteiger charge is -2.05. The van der Waals surface area contributed by atoms with Gasteiger partial charge in [0.05, 0.1) is 5.69 Å². The zero-order chi connectivity index (χ0) is 18.9.